The monoisotopic (exact) mass is 412 g/mol. The third-order valence-corrected chi connectivity index (χ3v) is 5.29. The quantitative estimate of drug-likeness (QED) is 0.452. The van der Waals surface area contributed by atoms with Gasteiger partial charge in [-0.15, -0.1) is 0 Å². The fourth-order valence-electron chi connectivity index (χ4n) is 3.70. The number of imidazole rings is 1. The van der Waals surface area contributed by atoms with Gasteiger partial charge >= 0.3 is 5.97 Å². The lowest BCUT2D eigenvalue weighted by atomic mass is 10.0. The van der Waals surface area contributed by atoms with E-state index in [0.29, 0.717) is 5.56 Å². The third kappa shape index (κ3) is 3.22. The summed E-state index contributed by atoms with van der Waals surface area (Å²) in [5, 5.41) is 9.96. The Bertz CT molecular complexity index is 1440. The van der Waals surface area contributed by atoms with Crippen LogP contribution in [0, 0.1) is 0 Å². The van der Waals surface area contributed by atoms with E-state index in [0.717, 1.165) is 38.8 Å². The summed E-state index contributed by atoms with van der Waals surface area (Å²) in [6, 6.07) is 8.25. The molecule has 0 atom stereocenters. The number of hydrogen-bond acceptors (Lipinski definition) is 5. The molecule has 0 spiro atoms. The number of H-pyrrole nitrogens is 1. The average Bonchev–Trinajstić information content (AvgIpc) is 3.36. The van der Waals surface area contributed by atoms with Crippen LogP contribution in [-0.4, -0.2) is 40.6 Å². The van der Waals surface area contributed by atoms with Gasteiger partial charge in [-0.25, -0.2) is 24.7 Å². The van der Waals surface area contributed by atoms with Crippen molar-refractivity contribution < 1.29 is 9.90 Å². The molecule has 4 heterocycles. The lowest BCUT2D eigenvalue weighted by Gasteiger charge is -2.21. The Morgan fingerprint density at radius 3 is 2.42 bits per heavy atom. The van der Waals surface area contributed by atoms with Crippen molar-refractivity contribution in [2.45, 2.75) is 26.3 Å². The van der Waals surface area contributed by atoms with Crippen LogP contribution in [0.25, 0.3) is 44.3 Å². The second-order valence-electron chi connectivity index (χ2n) is 8.41. The van der Waals surface area contributed by atoms with Gasteiger partial charge in [0.1, 0.15) is 5.65 Å². The van der Waals surface area contributed by atoms with Gasteiger partial charge in [-0.05, 0) is 44.5 Å². The molecule has 0 aliphatic rings. The molecule has 8 nitrogen and oxygen atoms in total. The van der Waals surface area contributed by atoms with E-state index in [4.69, 9.17) is 5.11 Å². The van der Waals surface area contributed by atoms with Gasteiger partial charge in [0.15, 0.2) is 0 Å². The Labute approximate surface area is 177 Å². The molecular formula is C23H20N6O2. The average molecular weight is 412 g/mol. The molecule has 4 aromatic heterocycles. The van der Waals surface area contributed by atoms with Crippen LogP contribution in [0.5, 0.6) is 0 Å². The summed E-state index contributed by atoms with van der Waals surface area (Å²) in [7, 11) is 0. The maximum absolute atomic E-state index is 11.0. The zero-order valence-electron chi connectivity index (χ0n) is 17.3. The van der Waals surface area contributed by atoms with Crippen molar-refractivity contribution in [2.24, 2.45) is 0 Å². The zero-order chi connectivity index (χ0) is 21.8. The predicted octanol–water partition coefficient (Wildman–Crippen LogP) is 4.49. The minimum absolute atomic E-state index is 0.0789. The number of aromatic amines is 1. The standard InChI is InChI=1S/C23H20N6O2/c1-23(2,3)29-12-28-18-5-4-13(7-19(18)29)17-11-27-20-16(17)6-14(8-24-20)15-9-25-21(22(30)31)26-10-15/h4-12H,1-3H3,(H,24,27)(H,30,31). The minimum Gasteiger partial charge on any atom is -0.475 e. The smallest absolute Gasteiger partial charge is 0.373 e. The third-order valence-electron chi connectivity index (χ3n) is 5.29. The summed E-state index contributed by atoms with van der Waals surface area (Å²) in [5.74, 6) is -1.39. The number of pyridine rings is 1. The van der Waals surface area contributed by atoms with Crippen molar-refractivity contribution >= 4 is 28.0 Å². The summed E-state index contributed by atoms with van der Waals surface area (Å²) in [6.07, 6.45) is 8.55. The number of carboxylic acid groups (broad SMARTS) is 1. The predicted molar refractivity (Wildman–Crippen MR) is 118 cm³/mol. The van der Waals surface area contributed by atoms with Gasteiger partial charge in [0.05, 0.1) is 17.4 Å². The topological polar surface area (TPSA) is 110 Å². The maximum atomic E-state index is 11.0. The lowest BCUT2D eigenvalue weighted by Crippen LogP contribution is -2.20. The summed E-state index contributed by atoms with van der Waals surface area (Å²) in [6.45, 7) is 6.46. The van der Waals surface area contributed by atoms with Crippen LogP contribution >= 0.6 is 0 Å². The molecule has 0 unspecified atom stereocenters. The van der Waals surface area contributed by atoms with Crippen molar-refractivity contribution in [3.8, 4) is 22.3 Å². The number of nitrogens with zero attached hydrogens (tertiary/aromatic N) is 5. The number of aromatic carboxylic acids is 1. The number of fused-ring (bicyclic) bond motifs is 2. The summed E-state index contributed by atoms with van der Waals surface area (Å²) < 4.78 is 2.17. The van der Waals surface area contributed by atoms with Crippen LogP contribution in [0.4, 0.5) is 0 Å². The molecule has 0 bridgehead atoms. The molecule has 2 N–H and O–H groups in total. The van der Waals surface area contributed by atoms with E-state index >= 15 is 0 Å². The Morgan fingerprint density at radius 1 is 0.968 bits per heavy atom. The number of nitrogens with one attached hydrogen (secondary N) is 1. The van der Waals surface area contributed by atoms with E-state index in [-0.39, 0.29) is 11.4 Å². The fourth-order valence-corrected chi connectivity index (χ4v) is 3.70. The highest BCUT2D eigenvalue weighted by Crippen LogP contribution is 2.33. The van der Waals surface area contributed by atoms with Crippen molar-refractivity contribution in [1.29, 1.82) is 0 Å². The molecule has 0 amide bonds. The van der Waals surface area contributed by atoms with Crippen LogP contribution in [0.2, 0.25) is 0 Å². The Balaban J connectivity index is 1.62. The van der Waals surface area contributed by atoms with Gasteiger partial charge in [-0.1, -0.05) is 6.07 Å². The van der Waals surface area contributed by atoms with E-state index in [2.05, 4.69) is 62.4 Å². The number of aromatic nitrogens is 6. The second-order valence-corrected chi connectivity index (χ2v) is 8.41. The van der Waals surface area contributed by atoms with E-state index in [9.17, 15) is 4.79 Å². The maximum Gasteiger partial charge on any atom is 0.373 e. The Kier molecular flexibility index (Phi) is 4.11. The highest BCUT2D eigenvalue weighted by Gasteiger charge is 2.17. The first-order valence-electron chi connectivity index (χ1n) is 9.82. The Hall–Kier alpha value is -4.07. The molecule has 1 aromatic carbocycles. The SMILES string of the molecule is CC(C)(C)n1cnc2ccc(-c3c[nH]c4ncc(-c5cnc(C(=O)O)nc5)cc34)cc21. The van der Waals surface area contributed by atoms with Crippen molar-refractivity contribution in [3.05, 3.63) is 61.2 Å². The van der Waals surface area contributed by atoms with Gasteiger partial charge in [0, 0.05) is 52.4 Å². The van der Waals surface area contributed by atoms with Crippen molar-refractivity contribution in [3.63, 3.8) is 0 Å². The van der Waals surface area contributed by atoms with E-state index in [1.807, 2.05) is 24.7 Å². The normalized spacial score (nSPS) is 12.0. The first-order chi connectivity index (χ1) is 14.8. The first kappa shape index (κ1) is 18.9. The van der Waals surface area contributed by atoms with Gasteiger partial charge in [0.2, 0.25) is 5.82 Å². The van der Waals surface area contributed by atoms with Crippen LogP contribution in [0.15, 0.2) is 55.4 Å². The number of carbonyl (C=O) groups is 1. The van der Waals surface area contributed by atoms with Gasteiger partial charge in [-0.2, -0.15) is 0 Å². The second kappa shape index (κ2) is 6.73. The molecule has 0 radical (unpaired) electrons. The molecule has 0 saturated heterocycles. The highest BCUT2D eigenvalue weighted by molar-refractivity contribution is 5.97. The van der Waals surface area contributed by atoms with Crippen molar-refractivity contribution in [2.75, 3.05) is 0 Å². The number of rotatable bonds is 3. The van der Waals surface area contributed by atoms with E-state index < -0.39 is 5.97 Å². The fraction of sp³-hybridized carbons (Fsp3) is 0.174. The molecule has 0 aliphatic heterocycles. The van der Waals surface area contributed by atoms with Gasteiger partial charge < -0.3 is 14.7 Å². The zero-order valence-corrected chi connectivity index (χ0v) is 17.3. The molecule has 8 heteroatoms. The Morgan fingerprint density at radius 2 is 1.71 bits per heavy atom. The summed E-state index contributed by atoms with van der Waals surface area (Å²) in [5.41, 5.74) is 6.31. The van der Waals surface area contributed by atoms with Crippen LogP contribution in [0.1, 0.15) is 31.4 Å². The molecular weight excluding hydrogens is 392 g/mol. The lowest BCUT2D eigenvalue weighted by molar-refractivity contribution is 0.0683. The van der Waals surface area contributed by atoms with E-state index in [1.165, 1.54) is 12.4 Å². The summed E-state index contributed by atoms with van der Waals surface area (Å²) in [4.78, 5) is 31.1. The number of hydrogen-bond donors (Lipinski definition) is 2. The van der Waals surface area contributed by atoms with Gasteiger partial charge in [-0.3, -0.25) is 0 Å². The molecule has 5 aromatic rings. The number of carboxylic acids is 1. The molecule has 31 heavy (non-hydrogen) atoms. The summed E-state index contributed by atoms with van der Waals surface area (Å²) >= 11 is 0. The van der Waals surface area contributed by atoms with Crippen molar-refractivity contribution in [1.82, 2.24) is 29.5 Å². The highest BCUT2D eigenvalue weighted by atomic mass is 16.4. The van der Waals surface area contributed by atoms with E-state index in [1.54, 1.807) is 6.20 Å². The molecule has 0 fully saturated rings. The van der Waals surface area contributed by atoms with Crippen LogP contribution < -0.4 is 0 Å². The molecule has 0 saturated carbocycles. The molecule has 5 rings (SSSR count). The van der Waals surface area contributed by atoms with Gasteiger partial charge in [0.25, 0.3) is 0 Å². The first-order valence-corrected chi connectivity index (χ1v) is 9.82. The largest absolute Gasteiger partial charge is 0.475 e. The minimum atomic E-state index is -1.15. The number of benzene rings is 1. The van der Waals surface area contributed by atoms with Crippen LogP contribution in [0.3, 0.4) is 0 Å². The molecule has 0 aliphatic carbocycles. The van der Waals surface area contributed by atoms with Crippen LogP contribution in [-0.2, 0) is 5.54 Å². The molecule has 154 valence electrons.